The molecule has 1 heterocycles. The summed E-state index contributed by atoms with van der Waals surface area (Å²) >= 11 is 0. The highest BCUT2D eigenvalue weighted by Gasteiger charge is 2.11. The number of aliphatic hydroxyl groups excluding tert-OH is 1. The van der Waals surface area contributed by atoms with Gasteiger partial charge in [0.05, 0.1) is 13.7 Å². The van der Waals surface area contributed by atoms with Crippen molar-refractivity contribution >= 4 is 0 Å². The van der Waals surface area contributed by atoms with Gasteiger partial charge in [0.15, 0.2) is 0 Å². The Balaban J connectivity index is 1.52. The molecule has 0 saturated carbocycles. The average molecular weight is 365 g/mol. The largest absolute Gasteiger partial charge is 0.497 e. The molecule has 3 rings (SSSR count). The Labute approximate surface area is 161 Å². The summed E-state index contributed by atoms with van der Waals surface area (Å²) in [6.07, 6.45) is 10.3. The molecule has 0 fully saturated rings. The Kier molecular flexibility index (Phi) is 6.94. The van der Waals surface area contributed by atoms with Crippen LogP contribution in [-0.2, 0) is 12.8 Å². The van der Waals surface area contributed by atoms with Crippen LogP contribution < -0.4 is 9.47 Å². The van der Waals surface area contributed by atoms with E-state index in [1.165, 1.54) is 5.56 Å². The Hall–Kier alpha value is -2.72. The predicted molar refractivity (Wildman–Crippen MR) is 108 cm³/mol. The van der Waals surface area contributed by atoms with Crippen molar-refractivity contribution in [3.8, 4) is 11.5 Å². The number of nitrogens with zero attached hydrogens (tertiary/aromatic N) is 1. The molecule has 0 spiro atoms. The zero-order chi connectivity index (χ0) is 18.9. The first kappa shape index (κ1) is 19.1. The van der Waals surface area contributed by atoms with Crippen LogP contribution >= 0.6 is 0 Å². The van der Waals surface area contributed by atoms with E-state index in [1.807, 2.05) is 47.6 Å². The monoisotopic (exact) mass is 365 g/mol. The van der Waals surface area contributed by atoms with Gasteiger partial charge in [0.25, 0.3) is 0 Å². The summed E-state index contributed by atoms with van der Waals surface area (Å²) in [6.45, 7) is 0.804. The SMILES string of the molecule is COc1ccc(CCc2ccccc2OC[C@H](O)CN2C=CCC=C2)cc1. The number of benzene rings is 2. The van der Waals surface area contributed by atoms with Gasteiger partial charge in [-0.15, -0.1) is 0 Å². The minimum absolute atomic E-state index is 0.276. The Bertz CT molecular complexity index is 755. The number of allylic oxidation sites excluding steroid dienone is 2. The van der Waals surface area contributed by atoms with Gasteiger partial charge in [-0.3, -0.25) is 0 Å². The number of methoxy groups -OCH3 is 1. The maximum absolute atomic E-state index is 10.3. The third-order valence-electron chi connectivity index (χ3n) is 4.53. The highest BCUT2D eigenvalue weighted by Crippen LogP contribution is 2.21. The number of ether oxygens (including phenoxy) is 2. The Morgan fingerprint density at radius 1 is 1.00 bits per heavy atom. The lowest BCUT2D eigenvalue weighted by atomic mass is 10.0. The molecule has 0 aliphatic carbocycles. The maximum Gasteiger partial charge on any atom is 0.122 e. The first-order chi connectivity index (χ1) is 13.2. The van der Waals surface area contributed by atoms with Crippen LogP contribution in [0.3, 0.4) is 0 Å². The summed E-state index contributed by atoms with van der Waals surface area (Å²) in [6, 6.07) is 16.2. The third-order valence-corrected chi connectivity index (χ3v) is 4.53. The van der Waals surface area contributed by atoms with Crippen LogP contribution in [0.2, 0.25) is 0 Å². The fourth-order valence-electron chi connectivity index (χ4n) is 3.05. The molecule has 0 radical (unpaired) electrons. The molecular formula is C23H27NO3. The van der Waals surface area contributed by atoms with Crippen molar-refractivity contribution in [1.29, 1.82) is 0 Å². The number of aliphatic hydroxyl groups is 1. The van der Waals surface area contributed by atoms with Gasteiger partial charge >= 0.3 is 0 Å². The van der Waals surface area contributed by atoms with Crippen LogP contribution in [0.5, 0.6) is 11.5 Å². The van der Waals surface area contributed by atoms with Crippen molar-refractivity contribution in [3.63, 3.8) is 0 Å². The topological polar surface area (TPSA) is 41.9 Å². The van der Waals surface area contributed by atoms with Gasteiger partial charge in [-0.2, -0.15) is 0 Å². The second-order valence-electron chi connectivity index (χ2n) is 6.62. The highest BCUT2D eigenvalue weighted by molar-refractivity contribution is 5.35. The Morgan fingerprint density at radius 3 is 2.48 bits per heavy atom. The zero-order valence-corrected chi connectivity index (χ0v) is 15.8. The molecule has 1 aliphatic rings. The number of aryl methyl sites for hydroxylation is 2. The number of hydrogen-bond acceptors (Lipinski definition) is 4. The normalized spacial score (nSPS) is 14.2. The van der Waals surface area contributed by atoms with E-state index in [1.54, 1.807) is 7.11 Å². The lowest BCUT2D eigenvalue weighted by molar-refractivity contribution is 0.0905. The van der Waals surface area contributed by atoms with Crippen molar-refractivity contribution in [1.82, 2.24) is 4.90 Å². The van der Waals surface area contributed by atoms with Crippen molar-refractivity contribution in [2.75, 3.05) is 20.3 Å². The number of hydrogen-bond donors (Lipinski definition) is 1. The predicted octanol–water partition coefficient (Wildman–Crippen LogP) is 3.95. The smallest absolute Gasteiger partial charge is 0.122 e. The summed E-state index contributed by atoms with van der Waals surface area (Å²) in [7, 11) is 1.68. The van der Waals surface area contributed by atoms with Crippen LogP contribution in [0, 0.1) is 0 Å². The van der Waals surface area contributed by atoms with Gasteiger partial charge < -0.3 is 19.5 Å². The van der Waals surface area contributed by atoms with Crippen LogP contribution in [0.4, 0.5) is 0 Å². The van der Waals surface area contributed by atoms with E-state index in [9.17, 15) is 5.11 Å². The molecule has 142 valence electrons. The molecule has 1 aliphatic heterocycles. The highest BCUT2D eigenvalue weighted by atomic mass is 16.5. The molecule has 4 heteroatoms. The molecule has 0 saturated heterocycles. The van der Waals surface area contributed by atoms with Gasteiger partial charge in [-0.1, -0.05) is 42.5 Å². The fourth-order valence-corrected chi connectivity index (χ4v) is 3.05. The summed E-state index contributed by atoms with van der Waals surface area (Å²) in [5, 5.41) is 10.3. The fraction of sp³-hybridized carbons (Fsp3) is 0.304. The summed E-state index contributed by atoms with van der Waals surface area (Å²) in [5.41, 5.74) is 2.41. The number of β-amino-alcohol motifs (C(OH)–C–C–N with tert-alkyl or cyclic N) is 1. The second-order valence-corrected chi connectivity index (χ2v) is 6.62. The van der Waals surface area contributed by atoms with Crippen LogP contribution in [0.1, 0.15) is 17.5 Å². The van der Waals surface area contributed by atoms with E-state index in [4.69, 9.17) is 9.47 Å². The van der Waals surface area contributed by atoms with Gasteiger partial charge in [-0.25, -0.2) is 0 Å². The molecule has 27 heavy (non-hydrogen) atoms. The van der Waals surface area contributed by atoms with E-state index in [-0.39, 0.29) is 6.61 Å². The zero-order valence-electron chi connectivity index (χ0n) is 15.8. The third kappa shape index (κ3) is 5.90. The van der Waals surface area contributed by atoms with Crippen molar-refractivity contribution < 1.29 is 14.6 Å². The van der Waals surface area contributed by atoms with E-state index < -0.39 is 6.10 Å². The average Bonchev–Trinajstić information content (AvgIpc) is 2.72. The van der Waals surface area contributed by atoms with E-state index in [2.05, 4.69) is 30.4 Å². The summed E-state index contributed by atoms with van der Waals surface area (Å²) < 4.78 is 11.1. The Morgan fingerprint density at radius 2 is 1.74 bits per heavy atom. The summed E-state index contributed by atoms with van der Waals surface area (Å²) in [4.78, 5) is 1.98. The first-order valence-electron chi connectivity index (χ1n) is 9.35. The quantitative estimate of drug-likeness (QED) is 0.731. The molecule has 1 N–H and O–H groups in total. The minimum Gasteiger partial charge on any atom is -0.497 e. The van der Waals surface area contributed by atoms with Gasteiger partial charge in [0.2, 0.25) is 0 Å². The molecule has 0 aromatic heterocycles. The molecular weight excluding hydrogens is 338 g/mol. The second kappa shape index (κ2) is 9.83. The van der Waals surface area contributed by atoms with Gasteiger partial charge in [-0.05, 0) is 61.0 Å². The molecule has 0 unspecified atom stereocenters. The van der Waals surface area contributed by atoms with Gasteiger partial charge in [0.1, 0.15) is 24.2 Å². The molecule has 0 bridgehead atoms. The van der Waals surface area contributed by atoms with Crippen LogP contribution in [-0.4, -0.2) is 36.4 Å². The van der Waals surface area contributed by atoms with Crippen LogP contribution in [0.15, 0.2) is 73.1 Å². The minimum atomic E-state index is -0.549. The molecule has 0 amide bonds. The maximum atomic E-state index is 10.3. The summed E-state index contributed by atoms with van der Waals surface area (Å²) in [5.74, 6) is 1.71. The van der Waals surface area contributed by atoms with E-state index in [0.29, 0.717) is 6.54 Å². The standard InChI is InChI=1S/C23H27NO3/c1-26-22-13-10-19(11-14-22)9-12-20-7-3-4-8-23(20)27-18-21(25)17-24-15-5-2-6-16-24/h3-8,10-11,13-16,21,25H,2,9,12,17-18H2,1H3/t21-/m1/s1. The van der Waals surface area contributed by atoms with E-state index in [0.717, 1.165) is 36.3 Å². The van der Waals surface area contributed by atoms with Crippen molar-refractivity contribution in [2.24, 2.45) is 0 Å². The van der Waals surface area contributed by atoms with Crippen molar-refractivity contribution in [2.45, 2.75) is 25.4 Å². The van der Waals surface area contributed by atoms with E-state index >= 15 is 0 Å². The van der Waals surface area contributed by atoms with Gasteiger partial charge in [0, 0.05) is 0 Å². The van der Waals surface area contributed by atoms with Crippen molar-refractivity contribution in [3.05, 3.63) is 84.2 Å². The molecule has 2 aromatic rings. The number of para-hydroxylation sites is 1. The van der Waals surface area contributed by atoms with Crippen LogP contribution in [0.25, 0.3) is 0 Å². The lowest BCUT2D eigenvalue weighted by Crippen LogP contribution is -2.30. The first-order valence-corrected chi connectivity index (χ1v) is 9.35. The lowest BCUT2D eigenvalue weighted by Gasteiger charge is -2.22. The number of rotatable bonds is 9. The molecule has 2 aromatic carbocycles. The molecule has 1 atom stereocenters. The molecule has 4 nitrogen and oxygen atoms in total.